The number of rotatable bonds is 7. The fourth-order valence-corrected chi connectivity index (χ4v) is 3.30. The monoisotopic (exact) mass is 324 g/mol. The van der Waals surface area contributed by atoms with Crippen molar-refractivity contribution in [2.75, 3.05) is 7.11 Å². The van der Waals surface area contributed by atoms with E-state index in [1.165, 1.54) is 24.0 Å². The molecule has 8 heteroatoms. The van der Waals surface area contributed by atoms with Gasteiger partial charge in [-0.3, -0.25) is 0 Å². The molecule has 2 rings (SSSR count). The summed E-state index contributed by atoms with van der Waals surface area (Å²) >= 11 is 0. The second kappa shape index (κ2) is 6.89. The van der Waals surface area contributed by atoms with Gasteiger partial charge in [0.05, 0.1) is 30.9 Å². The molecule has 0 fully saturated rings. The van der Waals surface area contributed by atoms with Crippen molar-refractivity contribution >= 4 is 10.0 Å². The predicted octanol–water partition coefficient (Wildman–Crippen LogP) is 1.29. The summed E-state index contributed by atoms with van der Waals surface area (Å²) in [4.78, 5) is 1.67. The molecule has 22 heavy (non-hydrogen) atoms. The van der Waals surface area contributed by atoms with Gasteiger partial charge in [0.1, 0.15) is 5.75 Å². The van der Waals surface area contributed by atoms with Crippen molar-refractivity contribution in [1.82, 2.24) is 19.7 Å². The van der Waals surface area contributed by atoms with Crippen molar-refractivity contribution in [3.05, 3.63) is 36.7 Å². The fourth-order valence-electron chi connectivity index (χ4n) is 1.92. The molecule has 0 amide bonds. The highest BCUT2D eigenvalue weighted by Crippen LogP contribution is 2.17. The molecule has 1 unspecified atom stereocenters. The second-order valence-corrected chi connectivity index (χ2v) is 6.95. The molecule has 1 aromatic heterocycles. The quantitative estimate of drug-likeness (QED) is 0.829. The SMILES string of the molecule is COc1ccc(S(=O)(=O)NC(Cn2nccn2)C(C)C)cc1. The molecule has 0 saturated carbocycles. The summed E-state index contributed by atoms with van der Waals surface area (Å²) in [5, 5.41) is 8.04. The van der Waals surface area contributed by atoms with E-state index >= 15 is 0 Å². The highest BCUT2D eigenvalue weighted by Gasteiger charge is 2.23. The van der Waals surface area contributed by atoms with Crippen LogP contribution in [0.25, 0.3) is 0 Å². The standard InChI is InChI=1S/C14H20N4O3S/c1-11(2)14(10-18-15-8-9-16-18)17-22(19,20)13-6-4-12(21-3)5-7-13/h4-9,11,14,17H,10H2,1-3H3. The summed E-state index contributed by atoms with van der Waals surface area (Å²) in [6.07, 6.45) is 3.13. The lowest BCUT2D eigenvalue weighted by Crippen LogP contribution is -2.41. The summed E-state index contributed by atoms with van der Waals surface area (Å²) < 4.78 is 32.7. The van der Waals surface area contributed by atoms with E-state index in [-0.39, 0.29) is 16.9 Å². The van der Waals surface area contributed by atoms with Crippen LogP contribution in [0.3, 0.4) is 0 Å². The Balaban J connectivity index is 2.16. The average Bonchev–Trinajstić information content (AvgIpc) is 2.99. The topological polar surface area (TPSA) is 86.1 Å². The first-order chi connectivity index (χ1) is 10.4. The number of methoxy groups -OCH3 is 1. The first-order valence-electron chi connectivity index (χ1n) is 6.93. The molecule has 0 radical (unpaired) electrons. The van der Waals surface area contributed by atoms with E-state index in [0.29, 0.717) is 12.3 Å². The van der Waals surface area contributed by atoms with Crippen LogP contribution in [0.2, 0.25) is 0 Å². The summed E-state index contributed by atoms with van der Waals surface area (Å²) in [7, 11) is -2.07. The molecule has 0 saturated heterocycles. The Kier molecular flexibility index (Phi) is 5.15. The number of hydrogen-bond donors (Lipinski definition) is 1. The van der Waals surface area contributed by atoms with Crippen LogP contribution < -0.4 is 9.46 Å². The Hall–Kier alpha value is -1.93. The van der Waals surface area contributed by atoms with Crippen LogP contribution in [0.1, 0.15) is 13.8 Å². The molecule has 0 aliphatic carbocycles. The summed E-state index contributed by atoms with van der Waals surface area (Å²) in [5.74, 6) is 0.708. The van der Waals surface area contributed by atoms with Crippen molar-refractivity contribution in [2.45, 2.75) is 31.3 Å². The maximum Gasteiger partial charge on any atom is 0.240 e. The van der Waals surface area contributed by atoms with Gasteiger partial charge in [-0.15, -0.1) is 0 Å². The van der Waals surface area contributed by atoms with Crippen LogP contribution in [0.5, 0.6) is 5.75 Å². The molecule has 1 atom stereocenters. The zero-order valence-electron chi connectivity index (χ0n) is 12.8. The van der Waals surface area contributed by atoms with Crippen molar-refractivity contribution in [1.29, 1.82) is 0 Å². The minimum Gasteiger partial charge on any atom is -0.497 e. The summed E-state index contributed by atoms with van der Waals surface area (Å²) in [6, 6.07) is 5.97. The Morgan fingerprint density at radius 3 is 2.27 bits per heavy atom. The molecule has 120 valence electrons. The Bertz CT molecular complexity index is 681. The maximum absolute atomic E-state index is 12.5. The van der Waals surface area contributed by atoms with Crippen LogP contribution in [-0.2, 0) is 16.6 Å². The Labute approximate surface area is 130 Å². The van der Waals surface area contributed by atoms with E-state index in [1.54, 1.807) is 24.5 Å². The Morgan fingerprint density at radius 1 is 1.18 bits per heavy atom. The van der Waals surface area contributed by atoms with Crippen molar-refractivity contribution in [3.8, 4) is 5.75 Å². The molecular formula is C14H20N4O3S. The van der Waals surface area contributed by atoms with E-state index in [2.05, 4.69) is 14.9 Å². The number of nitrogens with one attached hydrogen (secondary N) is 1. The van der Waals surface area contributed by atoms with Crippen LogP contribution >= 0.6 is 0 Å². The highest BCUT2D eigenvalue weighted by atomic mass is 32.2. The van der Waals surface area contributed by atoms with Gasteiger partial charge in [-0.2, -0.15) is 15.0 Å². The largest absolute Gasteiger partial charge is 0.497 e. The lowest BCUT2D eigenvalue weighted by atomic mass is 10.1. The van der Waals surface area contributed by atoms with E-state index < -0.39 is 10.0 Å². The number of nitrogens with zero attached hydrogens (tertiary/aromatic N) is 3. The smallest absolute Gasteiger partial charge is 0.240 e. The van der Waals surface area contributed by atoms with E-state index in [0.717, 1.165) is 0 Å². The number of benzene rings is 1. The summed E-state index contributed by atoms with van der Waals surface area (Å²) in [5.41, 5.74) is 0. The third kappa shape index (κ3) is 4.05. The predicted molar refractivity (Wildman–Crippen MR) is 82.0 cm³/mol. The molecule has 0 bridgehead atoms. The highest BCUT2D eigenvalue weighted by molar-refractivity contribution is 7.89. The van der Waals surface area contributed by atoms with Gasteiger partial charge in [0.15, 0.2) is 0 Å². The fraction of sp³-hybridized carbons (Fsp3) is 0.429. The van der Waals surface area contributed by atoms with Gasteiger partial charge >= 0.3 is 0 Å². The van der Waals surface area contributed by atoms with Gasteiger partial charge in [0.25, 0.3) is 0 Å². The minimum atomic E-state index is -3.61. The van der Waals surface area contributed by atoms with E-state index in [9.17, 15) is 8.42 Å². The number of aromatic nitrogens is 3. The molecule has 0 spiro atoms. The van der Waals surface area contributed by atoms with E-state index in [4.69, 9.17) is 4.74 Å². The van der Waals surface area contributed by atoms with Gasteiger partial charge in [-0.25, -0.2) is 13.1 Å². The number of hydrogen-bond acceptors (Lipinski definition) is 5. The second-order valence-electron chi connectivity index (χ2n) is 5.23. The van der Waals surface area contributed by atoms with Gasteiger partial charge in [-0.1, -0.05) is 13.8 Å². The van der Waals surface area contributed by atoms with Gasteiger partial charge in [0.2, 0.25) is 10.0 Å². The maximum atomic E-state index is 12.5. The van der Waals surface area contributed by atoms with Crippen LogP contribution in [0.4, 0.5) is 0 Å². The van der Waals surface area contributed by atoms with Gasteiger partial charge in [-0.05, 0) is 30.2 Å². The van der Waals surface area contributed by atoms with Crippen molar-refractivity contribution in [2.24, 2.45) is 5.92 Å². The lowest BCUT2D eigenvalue weighted by Gasteiger charge is -2.21. The number of ether oxygens (including phenoxy) is 1. The zero-order valence-corrected chi connectivity index (χ0v) is 13.6. The molecular weight excluding hydrogens is 304 g/mol. The third-order valence-electron chi connectivity index (χ3n) is 3.31. The molecule has 1 N–H and O–H groups in total. The minimum absolute atomic E-state index is 0.0963. The van der Waals surface area contributed by atoms with Crippen molar-refractivity contribution in [3.63, 3.8) is 0 Å². The first-order valence-corrected chi connectivity index (χ1v) is 8.41. The normalized spacial score (nSPS) is 13.3. The number of sulfonamides is 1. The van der Waals surface area contributed by atoms with Crippen LogP contribution in [0.15, 0.2) is 41.6 Å². The lowest BCUT2D eigenvalue weighted by molar-refractivity contribution is 0.361. The molecule has 1 aromatic carbocycles. The first kappa shape index (κ1) is 16.4. The van der Waals surface area contributed by atoms with E-state index in [1.807, 2.05) is 13.8 Å². The van der Waals surface area contributed by atoms with Gasteiger partial charge in [0, 0.05) is 6.04 Å². The summed E-state index contributed by atoms with van der Waals surface area (Å²) in [6.45, 7) is 4.27. The molecule has 2 aromatic rings. The molecule has 0 aliphatic heterocycles. The van der Waals surface area contributed by atoms with Crippen LogP contribution in [0, 0.1) is 5.92 Å². The molecule has 0 aliphatic rings. The Morgan fingerprint density at radius 2 is 1.77 bits per heavy atom. The van der Waals surface area contributed by atoms with Crippen LogP contribution in [-0.4, -0.2) is 36.6 Å². The van der Waals surface area contributed by atoms with Gasteiger partial charge < -0.3 is 4.74 Å². The van der Waals surface area contributed by atoms with Crippen molar-refractivity contribution < 1.29 is 13.2 Å². The molecule has 1 heterocycles. The third-order valence-corrected chi connectivity index (χ3v) is 4.81. The average molecular weight is 324 g/mol. The zero-order chi connectivity index (χ0) is 16.2. The molecule has 7 nitrogen and oxygen atoms in total.